The maximum Gasteiger partial charge on any atom is 0.322 e. The minimum absolute atomic E-state index is 0.434. The van der Waals surface area contributed by atoms with Crippen molar-refractivity contribution >= 4 is 5.97 Å². The van der Waals surface area contributed by atoms with E-state index < -0.39 is 12.0 Å². The number of hydrogen-bond donors (Lipinski definition) is 1. The maximum atomic E-state index is 11.1. The standard InChI is InChI=1S/C11H19N5O2/c1-3-16-10(12-8-13-16)7-15-5-4-14(2)9(6-15)11(17)18/h8-9H,3-7H2,1-2H3,(H,17,18)/t9-/m0/s1. The highest BCUT2D eigenvalue weighted by molar-refractivity contribution is 5.73. The second kappa shape index (κ2) is 5.45. The van der Waals surface area contributed by atoms with E-state index in [4.69, 9.17) is 5.11 Å². The van der Waals surface area contributed by atoms with Crippen molar-refractivity contribution in [1.82, 2.24) is 24.6 Å². The van der Waals surface area contributed by atoms with Crippen LogP contribution in [0.25, 0.3) is 0 Å². The first kappa shape index (κ1) is 13.0. The molecule has 1 fully saturated rings. The van der Waals surface area contributed by atoms with Gasteiger partial charge < -0.3 is 5.11 Å². The number of carboxylic acid groups (broad SMARTS) is 1. The molecule has 1 atom stereocenters. The molecule has 0 saturated carbocycles. The highest BCUT2D eigenvalue weighted by atomic mass is 16.4. The van der Waals surface area contributed by atoms with Gasteiger partial charge in [-0.2, -0.15) is 5.10 Å². The fourth-order valence-electron chi connectivity index (χ4n) is 2.22. The molecule has 0 radical (unpaired) electrons. The summed E-state index contributed by atoms with van der Waals surface area (Å²) in [6.45, 7) is 5.61. The number of carbonyl (C=O) groups is 1. The Morgan fingerprint density at radius 2 is 2.33 bits per heavy atom. The van der Waals surface area contributed by atoms with Crippen molar-refractivity contribution in [3.63, 3.8) is 0 Å². The van der Waals surface area contributed by atoms with Crippen molar-refractivity contribution in [3.05, 3.63) is 12.2 Å². The first-order chi connectivity index (χ1) is 8.61. The molecule has 0 amide bonds. The lowest BCUT2D eigenvalue weighted by Crippen LogP contribution is -2.54. The van der Waals surface area contributed by atoms with Crippen molar-refractivity contribution in [2.24, 2.45) is 0 Å². The molecule has 0 bridgehead atoms. The van der Waals surface area contributed by atoms with Gasteiger partial charge in [-0.15, -0.1) is 0 Å². The van der Waals surface area contributed by atoms with Gasteiger partial charge >= 0.3 is 5.97 Å². The predicted molar refractivity (Wildman–Crippen MR) is 65.0 cm³/mol. The van der Waals surface area contributed by atoms with E-state index in [0.29, 0.717) is 13.1 Å². The van der Waals surface area contributed by atoms with Crippen molar-refractivity contribution in [2.75, 3.05) is 26.7 Å². The first-order valence-electron chi connectivity index (χ1n) is 6.14. The Kier molecular flexibility index (Phi) is 3.93. The van der Waals surface area contributed by atoms with Crippen LogP contribution in [0, 0.1) is 0 Å². The van der Waals surface area contributed by atoms with E-state index in [1.54, 1.807) is 6.33 Å². The molecule has 2 heterocycles. The molecule has 1 aliphatic rings. The predicted octanol–water partition coefficient (Wildman–Crippen LogP) is -0.501. The Hall–Kier alpha value is -1.47. The summed E-state index contributed by atoms with van der Waals surface area (Å²) in [7, 11) is 1.85. The summed E-state index contributed by atoms with van der Waals surface area (Å²) in [6.07, 6.45) is 1.55. The Morgan fingerprint density at radius 3 is 3.00 bits per heavy atom. The van der Waals surface area contributed by atoms with E-state index in [1.165, 1.54) is 0 Å². The summed E-state index contributed by atoms with van der Waals surface area (Å²) in [4.78, 5) is 19.4. The van der Waals surface area contributed by atoms with Crippen molar-refractivity contribution in [2.45, 2.75) is 26.1 Å². The summed E-state index contributed by atoms with van der Waals surface area (Å²) in [5, 5.41) is 13.3. The van der Waals surface area contributed by atoms with Crippen LogP contribution in [-0.2, 0) is 17.9 Å². The molecule has 1 aliphatic heterocycles. The van der Waals surface area contributed by atoms with Crippen molar-refractivity contribution < 1.29 is 9.90 Å². The van der Waals surface area contributed by atoms with Crippen molar-refractivity contribution in [3.8, 4) is 0 Å². The number of aliphatic carboxylic acids is 1. The Bertz CT molecular complexity index is 419. The van der Waals surface area contributed by atoms with Gasteiger partial charge in [0, 0.05) is 26.2 Å². The van der Waals surface area contributed by atoms with Crippen LogP contribution < -0.4 is 0 Å². The van der Waals surface area contributed by atoms with Crippen LogP contribution in [0.15, 0.2) is 6.33 Å². The molecule has 0 aliphatic carbocycles. The third kappa shape index (κ3) is 2.68. The molecule has 2 rings (SSSR count). The van der Waals surface area contributed by atoms with Gasteiger partial charge in [0.15, 0.2) is 0 Å². The van der Waals surface area contributed by atoms with Gasteiger partial charge in [-0.3, -0.25) is 14.6 Å². The zero-order chi connectivity index (χ0) is 13.1. The normalized spacial score (nSPS) is 22.2. The van der Waals surface area contributed by atoms with Gasteiger partial charge in [0.1, 0.15) is 18.2 Å². The summed E-state index contributed by atoms with van der Waals surface area (Å²) in [5.74, 6) is 0.130. The summed E-state index contributed by atoms with van der Waals surface area (Å²) in [5.41, 5.74) is 0. The first-order valence-corrected chi connectivity index (χ1v) is 6.14. The Balaban J connectivity index is 2.00. The number of hydrogen-bond acceptors (Lipinski definition) is 5. The molecule has 1 N–H and O–H groups in total. The van der Waals surface area contributed by atoms with Crippen LogP contribution in [0.1, 0.15) is 12.7 Å². The average Bonchev–Trinajstić information content (AvgIpc) is 2.78. The highest BCUT2D eigenvalue weighted by Crippen LogP contribution is 2.11. The minimum atomic E-state index is -0.765. The number of aromatic nitrogens is 3. The average molecular weight is 253 g/mol. The number of aryl methyl sites for hydroxylation is 1. The van der Waals surface area contributed by atoms with Gasteiger partial charge in [-0.1, -0.05) is 0 Å². The van der Waals surface area contributed by atoms with Gasteiger partial charge in [-0.25, -0.2) is 9.67 Å². The molecular weight excluding hydrogens is 234 g/mol. The number of rotatable bonds is 4. The van der Waals surface area contributed by atoms with Crippen LogP contribution >= 0.6 is 0 Å². The third-order valence-electron chi connectivity index (χ3n) is 3.38. The van der Waals surface area contributed by atoms with Crippen LogP contribution in [0.3, 0.4) is 0 Å². The topological polar surface area (TPSA) is 74.5 Å². The summed E-state index contributed by atoms with van der Waals surface area (Å²) >= 11 is 0. The van der Waals surface area contributed by atoms with Crippen LogP contribution in [0.5, 0.6) is 0 Å². The number of piperazine rings is 1. The fourth-order valence-corrected chi connectivity index (χ4v) is 2.22. The van der Waals surface area contributed by atoms with E-state index in [9.17, 15) is 4.79 Å². The molecule has 1 saturated heterocycles. The number of likely N-dealkylation sites (N-methyl/N-ethyl adjacent to an activating group) is 1. The Labute approximate surface area is 106 Å². The largest absolute Gasteiger partial charge is 0.480 e. The number of carboxylic acids is 1. The van der Waals surface area contributed by atoms with Crippen molar-refractivity contribution in [1.29, 1.82) is 0 Å². The monoisotopic (exact) mass is 253 g/mol. The van der Waals surface area contributed by atoms with Crippen LogP contribution in [-0.4, -0.2) is 68.4 Å². The molecule has 100 valence electrons. The Morgan fingerprint density at radius 1 is 1.56 bits per heavy atom. The summed E-state index contributed by atoms with van der Waals surface area (Å²) in [6, 6.07) is -0.434. The van der Waals surface area contributed by atoms with Gasteiger partial charge in [0.25, 0.3) is 0 Å². The molecule has 18 heavy (non-hydrogen) atoms. The minimum Gasteiger partial charge on any atom is -0.480 e. The van der Waals surface area contributed by atoms with Gasteiger partial charge in [0.2, 0.25) is 0 Å². The van der Waals surface area contributed by atoms with Crippen LogP contribution in [0.2, 0.25) is 0 Å². The molecule has 0 unspecified atom stereocenters. The van der Waals surface area contributed by atoms with E-state index >= 15 is 0 Å². The fraction of sp³-hybridized carbons (Fsp3) is 0.727. The van der Waals surface area contributed by atoms with Crippen LogP contribution in [0.4, 0.5) is 0 Å². The smallest absolute Gasteiger partial charge is 0.322 e. The lowest BCUT2D eigenvalue weighted by molar-refractivity contribution is -0.145. The second-order valence-corrected chi connectivity index (χ2v) is 4.56. The van der Waals surface area contributed by atoms with E-state index in [1.807, 2.05) is 23.6 Å². The molecule has 1 aromatic heterocycles. The summed E-state index contributed by atoms with van der Waals surface area (Å²) < 4.78 is 1.84. The zero-order valence-electron chi connectivity index (χ0n) is 10.8. The lowest BCUT2D eigenvalue weighted by Gasteiger charge is -2.36. The second-order valence-electron chi connectivity index (χ2n) is 4.56. The lowest BCUT2D eigenvalue weighted by atomic mass is 10.2. The SMILES string of the molecule is CCn1ncnc1CN1CCN(C)[C@H](C(=O)O)C1. The quantitative estimate of drug-likeness (QED) is 0.779. The molecule has 7 nitrogen and oxygen atoms in total. The maximum absolute atomic E-state index is 11.1. The van der Waals surface area contributed by atoms with E-state index in [-0.39, 0.29) is 0 Å². The number of nitrogens with zero attached hydrogens (tertiary/aromatic N) is 5. The van der Waals surface area contributed by atoms with E-state index in [2.05, 4.69) is 15.0 Å². The molecule has 7 heteroatoms. The highest BCUT2D eigenvalue weighted by Gasteiger charge is 2.30. The zero-order valence-corrected chi connectivity index (χ0v) is 10.8. The molecule has 1 aromatic rings. The molecular formula is C11H19N5O2. The third-order valence-corrected chi connectivity index (χ3v) is 3.38. The van der Waals surface area contributed by atoms with Gasteiger partial charge in [-0.05, 0) is 14.0 Å². The molecule has 0 spiro atoms. The van der Waals surface area contributed by atoms with Gasteiger partial charge in [0.05, 0.1) is 6.54 Å². The van der Waals surface area contributed by atoms with E-state index in [0.717, 1.165) is 25.5 Å². The molecule has 0 aromatic carbocycles.